The second-order valence-electron chi connectivity index (χ2n) is 18.8. The maximum Gasteiger partial charge on any atom is 0.328 e. The van der Waals surface area contributed by atoms with Crippen LogP contribution in [0.1, 0.15) is 87.0 Å². The zero-order chi connectivity index (χ0) is 42.0. The van der Waals surface area contributed by atoms with Crippen molar-refractivity contribution in [2.75, 3.05) is 79.4 Å². The summed E-state index contributed by atoms with van der Waals surface area (Å²) in [6.07, 6.45) is 14.3. The number of nitrogen functional groups attached to an aromatic ring is 1. The first-order valence-corrected chi connectivity index (χ1v) is 22.7. The van der Waals surface area contributed by atoms with Crippen LogP contribution in [0.15, 0.2) is 73.1 Å². The van der Waals surface area contributed by atoms with Crippen LogP contribution in [-0.2, 0) is 9.53 Å². The van der Waals surface area contributed by atoms with E-state index in [1.807, 2.05) is 24.4 Å². The molecule has 0 radical (unpaired) electrons. The number of para-hydroxylation sites is 1. The number of urea groups is 1. The number of phenolic OH excluding ortho intramolecular Hbond substituents is 1. The van der Waals surface area contributed by atoms with Gasteiger partial charge in [-0.2, -0.15) is 0 Å². The number of amides is 3. The Balaban J connectivity index is 0.657. The van der Waals surface area contributed by atoms with Crippen LogP contribution in [0, 0.1) is 11.3 Å². The summed E-state index contributed by atoms with van der Waals surface area (Å²) >= 11 is 0. The summed E-state index contributed by atoms with van der Waals surface area (Å²) in [5.41, 5.74) is 14.4. The molecule has 14 nitrogen and oxygen atoms in total. The van der Waals surface area contributed by atoms with Crippen LogP contribution in [0.2, 0.25) is 0 Å². The van der Waals surface area contributed by atoms with E-state index in [1.54, 1.807) is 17.0 Å². The molecule has 322 valence electrons. The number of benzene rings is 2. The van der Waals surface area contributed by atoms with Gasteiger partial charge in [-0.1, -0.05) is 24.3 Å². The molecule has 0 bridgehead atoms. The molecule has 3 amide bonds. The van der Waals surface area contributed by atoms with Gasteiger partial charge in [0.05, 0.1) is 29.9 Å². The molecule has 3 aromatic heterocycles. The molecule has 1 unspecified atom stereocenters. The number of pyridine rings is 1. The van der Waals surface area contributed by atoms with Crippen LogP contribution in [0.3, 0.4) is 0 Å². The van der Waals surface area contributed by atoms with Crippen LogP contribution >= 0.6 is 0 Å². The van der Waals surface area contributed by atoms with Crippen molar-refractivity contribution >= 4 is 45.9 Å². The van der Waals surface area contributed by atoms with E-state index >= 15 is 0 Å². The van der Waals surface area contributed by atoms with Crippen molar-refractivity contribution in [2.24, 2.45) is 11.3 Å². The lowest BCUT2D eigenvalue weighted by Crippen LogP contribution is -2.49. The minimum atomic E-state index is -0.357. The minimum Gasteiger partial charge on any atom is -0.507 e. The number of anilines is 4. The van der Waals surface area contributed by atoms with Crippen molar-refractivity contribution in [1.29, 1.82) is 0 Å². The standard InChI is InChI=1S/C48H56N10O4/c49-45-41(24-40(52-53-45)37-3-1-2-4-42(37)59)56-21-22-62-43(30-56)33-7-9-34(10-8-33)55-16-11-31(12-17-55)28-54-19-14-48(15-20-54)25-36(26-48)58-29-39(32-5-6-32)38-23-35(27-50-46(38)58)57-18-13-44(60)51-47(57)61/h1-4,7-10,23-24,27,29,31-32,36,43,59H,5-6,11-22,25-26,28,30H2,(H2,49,53)(H,51,60,61). The van der Waals surface area contributed by atoms with Crippen LogP contribution in [0.25, 0.3) is 22.3 Å². The van der Waals surface area contributed by atoms with E-state index in [-0.39, 0.29) is 23.8 Å². The fourth-order valence-electron chi connectivity index (χ4n) is 11.0. The third-order valence-corrected chi connectivity index (χ3v) is 14.9. The number of hydrogen-bond donors (Lipinski definition) is 3. The second-order valence-corrected chi connectivity index (χ2v) is 18.8. The number of aromatic nitrogens is 4. The average molecular weight is 837 g/mol. The van der Waals surface area contributed by atoms with Gasteiger partial charge in [-0.3, -0.25) is 15.0 Å². The summed E-state index contributed by atoms with van der Waals surface area (Å²) in [6, 6.07) is 20.2. The van der Waals surface area contributed by atoms with Crippen molar-refractivity contribution in [1.82, 2.24) is 30.0 Å². The number of likely N-dealkylation sites (tertiary alicyclic amines) is 1. The van der Waals surface area contributed by atoms with Gasteiger partial charge in [0.2, 0.25) is 5.91 Å². The van der Waals surface area contributed by atoms with Gasteiger partial charge in [0.1, 0.15) is 17.5 Å². The van der Waals surface area contributed by atoms with Gasteiger partial charge in [0.25, 0.3) is 0 Å². The van der Waals surface area contributed by atoms with Crippen LogP contribution in [0.5, 0.6) is 5.75 Å². The van der Waals surface area contributed by atoms with Crippen molar-refractivity contribution in [3.63, 3.8) is 0 Å². The molecule has 62 heavy (non-hydrogen) atoms. The van der Waals surface area contributed by atoms with Gasteiger partial charge >= 0.3 is 6.03 Å². The van der Waals surface area contributed by atoms with Crippen LogP contribution in [-0.4, -0.2) is 101 Å². The zero-order valence-corrected chi connectivity index (χ0v) is 35.3. The largest absolute Gasteiger partial charge is 0.507 e. The Labute approximate surface area is 362 Å². The molecule has 11 rings (SSSR count). The Morgan fingerprint density at radius 1 is 0.871 bits per heavy atom. The molecule has 4 aliphatic heterocycles. The Morgan fingerprint density at radius 2 is 1.66 bits per heavy atom. The lowest BCUT2D eigenvalue weighted by molar-refractivity contribution is -0.120. The number of piperidine rings is 2. The monoisotopic (exact) mass is 836 g/mol. The van der Waals surface area contributed by atoms with Crippen molar-refractivity contribution in [2.45, 2.75) is 75.9 Å². The van der Waals surface area contributed by atoms with Gasteiger partial charge in [-0.05, 0) is 129 Å². The summed E-state index contributed by atoms with van der Waals surface area (Å²) in [5, 5.41) is 22.5. The summed E-state index contributed by atoms with van der Waals surface area (Å²) < 4.78 is 8.72. The number of nitrogens with one attached hydrogen (secondary N) is 1. The molecule has 6 fully saturated rings. The Kier molecular flexibility index (Phi) is 10.0. The average Bonchev–Trinajstić information content (AvgIpc) is 4.07. The zero-order valence-electron chi connectivity index (χ0n) is 35.3. The molecule has 2 aliphatic carbocycles. The number of nitrogens with two attached hydrogens (primary N) is 1. The molecule has 5 aromatic rings. The summed E-state index contributed by atoms with van der Waals surface area (Å²) in [7, 11) is 0. The second kappa shape index (κ2) is 15.9. The van der Waals surface area contributed by atoms with Crippen molar-refractivity contribution < 1.29 is 19.4 Å². The van der Waals surface area contributed by atoms with E-state index in [0.29, 0.717) is 67.1 Å². The maximum atomic E-state index is 12.6. The fraction of sp³-hybridized carbons (Fsp3) is 0.479. The topological polar surface area (TPSA) is 158 Å². The molecule has 6 aliphatic rings. The van der Waals surface area contributed by atoms with Gasteiger partial charge < -0.3 is 34.8 Å². The quantitative estimate of drug-likeness (QED) is 0.140. The predicted molar refractivity (Wildman–Crippen MR) is 239 cm³/mol. The van der Waals surface area contributed by atoms with E-state index in [1.165, 1.54) is 87.6 Å². The number of carbonyl (C=O) groups excluding carboxylic acids is 2. The number of ether oxygens (including phenoxy) is 1. The Hall–Kier alpha value is -5.73. The van der Waals surface area contributed by atoms with E-state index in [0.717, 1.165) is 41.6 Å². The first kappa shape index (κ1) is 39.1. The number of nitrogens with zero attached hydrogens (tertiary/aromatic N) is 8. The molecule has 14 heteroatoms. The van der Waals surface area contributed by atoms with Crippen LogP contribution < -0.4 is 25.8 Å². The maximum absolute atomic E-state index is 12.6. The highest BCUT2D eigenvalue weighted by molar-refractivity contribution is 6.06. The number of imide groups is 1. The van der Waals surface area contributed by atoms with E-state index < -0.39 is 0 Å². The molecular formula is C48H56N10O4. The summed E-state index contributed by atoms with van der Waals surface area (Å²) in [6.45, 7) is 8.07. The molecule has 2 saturated carbocycles. The third kappa shape index (κ3) is 7.50. The van der Waals surface area contributed by atoms with E-state index in [9.17, 15) is 14.7 Å². The summed E-state index contributed by atoms with van der Waals surface area (Å²) in [4.78, 5) is 38.4. The third-order valence-electron chi connectivity index (χ3n) is 14.9. The molecule has 4 saturated heterocycles. The molecule has 4 N–H and O–H groups in total. The number of phenols is 1. The molecule has 1 spiro atoms. The van der Waals surface area contributed by atoms with Gasteiger partial charge in [-0.15, -0.1) is 10.2 Å². The highest BCUT2D eigenvalue weighted by Crippen LogP contribution is 2.56. The first-order chi connectivity index (χ1) is 30.3. The minimum absolute atomic E-state index is 0.0919. The summed E-state index contributed by atoms with van der Waals surface area (Å²) in [5.74, 6) is 1.63. The highest BCUT2D eigenvalue weighted by atomic mass is 16.5. The lowest BCUT2D eigenvalue weighted by atomic mass is 9.60. The van der Waals surface area contributed by atoms with Gasteiger partial charge in [0.15, 0.2) is 5.82 Å². The number of rotatable bonds is 9. The highest BCUT2D eigenvalue weighted by Gasteiger charge is 2.47. The molecular weight excluding hydrogens is 781 g/mol. The number of morpholine rings is 1. The van der Waals surface area contributed by atoms with Gasteiger partial charge in [0, 0.05) is 74.6 Å². The SMILES string of the molecule is Nc1nnc(-c2ccccc2O)cc1N1CCOC(c2ccc(N3CCC(CN4CCC5(CC4)CC(n4cc(C6CC6)c6cc(N7CCC(=O)NC7=O)cnc64)C5)CC3)cc2)C1. The smallest absolute Gasteiger partial charge is 0.328 e. The number of carbonyl (C=O) groups is 2. The lowest BCUT2D eigenvalue weighted by Gasteiger charge is -2.53. The normalized spacial score (nSPS) is 22.6. The molecule has 1 atom stereocenters. The first-order valence-electron chi connectivity index (χ1n) is 22.7. The van der Waals surface area contributed by atoms with Crippen LogP contribution in [0.4, 0.5) is 27.7 Å². The number of fused-ring (bicyclic) bond motifs is 1. The molecule has 7 heterocycles. The fourth-order valence-corrected chi connectivity index (χ4v) is 11.0. The Bertz CT molecular complexity index is 2480. The Morgan fingerprint density at radius 3 is 2.42 bits per heavy atom. The van der Waals surface area contributed by atoms with Crippen molar-refractivity contribution in [3.8, 4) is 17.0 Å². The van der Waals surface area contributed by atoms with E-state index in [4.69, 9.17) is 15.5 Å². The van der Waals surface area contributed by atoms with Crippen molar-refractivity contribution in [3.05, 3.63) is 84.2 Å². The van der Waals surface area contributed by atoms with Gasteiger partial charge in [-0.25, -0.2) is 9.78 Å². The number of aromatic hydroxyl groups is 1. The number of hydrogen-bond acceptors (Lipinski definition) is 11. The molecule has 2 aromatic carbocycles. The predicted octanol–water partition coefficient (Wildman–Crippen LogP) is 7.02. The van der Waals surface area contributed by atoms with E-state index in [2.05, 4.69) is 71.3 Å².